The molecule has 0 radical (unpaired) electrons. The van der Waals surface area contributed by atoms with E-state index in [2.05, 4.69) is 25.0 Å². The standard InChI is InChI=1S/C17H17F3N6O2/c1-9-7-13(17(18,19)20)26-14(21-9)8-11(22-26)12-5-3-4-6-25(12)16(27)15-10(2)23-28-24-15/h7-8,12H,3-6H2,1-2H3. The molecule has 1 unspecified atom stereocenters. The second kappa shape index (κ2) is 6.57. The van der Waals surface area contributed by atoms with E-state index in [0.717, 1.165) is 23.4 Å². The molecule has 148 valence electrons. The van der Waals surface area contributed by atoms with Crippen LogP contribution >= 0.6 is 0 Å². The number of halogens is 3. The minimum Gasteiger partial charge on any atom is -0.328 e. The van der Waals surface area contributed by atoms with Gasteiger partial charge < -0.3 is 4.90 Å². The summed E-state index contributed by atoms with van der Waals surface area (Å²) < 4.78 is 45.6. The van der Waals surface area contributed by atoms with Gasteiger partial charge in [-0.2, -0.15) is 18.3 Å². The number of alkyl halides is 3. The first-order valence-corrected chi connectivity index (χ1v) is 8.80. The Morgan fingerprint density at radius 2 is 2.00 bits per heavy atom. The molecule has 11 heteroatoms. The van der Waals surface area contributed by atoms with Gasteiger partial charge in [0.05, 0.1) is 11.7 Å². The molecule has 1 aliphatic rings. The summed E-state index contributed by atoms with van der Waals surface area (Å²) in [4.78, 5) is 18.6. The molecule has 0 spiro atoms. The number of piperidine rings is 1. The molecule has 4 rings (SSSR count). The van der Waals surface area contributed by atoms with Gasteiger partial charge in [-0.3, -0.25) is 4.79 Å². The van der Waals surface area contributed by atoms with Crippen LogP contribution in [0.4, 0.5) is 13.2 Å². The van der Waals surface area contributed by atoms with Gasteiger partial charge in [-0.25, -0.2) is 14.1 Å². The molecule has 0 aromatic carbocycles. The van der Waals surface area contributed by atoms with Gasteiger partial charge in [-0.1, -0.05) is 5.16 Å². The lowest BCUT2D eigenvalue weighted by atomic mass is 9.99. The fraction of sp³-hybridized carbons (Fsp3) is 0.471. The molecule has 1 fully saturated rings. The van der Waals surface area contributed by atoms with Crippen molar-refractivity contribution in [3.05, 3.63) is 40.6 Å². The fourth-order valence-corrected chi connectivity index (χ4v) is 3.53. The maximum absolute atomic E-state index is 13.4. The molecule has 0 aliphatic carbocycles. The van der Waals surface area contributed by atoms with Crippen LogP contribution in [0, 0.1) is 13.8 Å². The number of fused-ring (bicyclic) bond motifs is 1. The Morgan fingerprint density at radius 1 is 1.21 bits per heavy atom. The first-order chi connectivity index (χ1) is 13.3. The number of carbonyl (C=O) groups excluding carboxylic acids is 1. The van der Waals surface area contributed by atoms with E-state index in [9.17, 15) is 18.0 Å². The quantitative estimate of drug-likeness (QED) is 0.664. The number of carbonyl (C=O) groups is 1. The molecule has 8 nitrogen and oxygen atoms in total. The van der Waals surface area contributed by atoms with Crippen LogP contribution in [0.5, 0.6) is 0 Å². The summed E-state index contributed by atoms with van der Waals surface area (Å²) in [6.07, 6.45) is -2.37. The lowest BCUT2D eigenvalue weighted by molar-refractivity contribution is -0.142. The largest absolute Gasteiger partial charge is 0.433 e. The second-order valence-electron chi connectivity index (χ2n) is 6.83. The number of aromatic nitrogens is 5. The Labute approximate surface area is 157 Å². The number of hydrogen-bond acceptors (Lipinski definition) is 6. The Morgan fingerprint density at radius 3 is 2.68 bits per heavy atom. The highest BCUT2D eigenvalue weighted by Crippen LogP contribution is 2.34. The van der Waals surface area contributed by atoms with Crippen molar-refractivity contribution in [2.24, 2.45) is 0 Å². The molecule has 28 heavy (non-hydrogen) atoms. The average Bonchev–Trinajstić information content (AvgIpc) is 3.25. The van der Waals surface area contributed by atoms with Crippen molar-refractivity contribution in [3.8, 4) is 0 Å². The van der Waals surface area contributed by atoms with E-state index >= 15 is 0 Å². The van der Waals surface area contributed by atoms with Gasteiger partial charge in [0, 0.05) is 18.3 Å². The Kier molecular flexibility index (Phi) is 4.31. The van der Waals surface area contributed by atoms with Crippen molar-refractivity contribution in [1.82, 2.24) is 29.8 Å². The van der Waals surface area contributed by atoms with Crippen LogP contribution in [-0.2, 0) is 6.18 Å². The van der Waals surface area contributed by atoms with Crippen molar-refractivity contribution in [3.63, 3.8) is 0 Å². The third kappa shape index (κ3) is 3.10. The smallest absolute Gasteiger partial charge is 0.328 e. The number of hydrogen-bond donors (Lipinski definition) is 0. The third-order valence-corrected chi connectivity index (χ3v) is 4.82. The first kappa shape index (κ1) is 18.4. The summed E-state index contributed by atoms with van der Waals surface area (Å²) in [5, 5.41) is 11.4. The summed E-state index contributed by atoms with van der Waals surface area (Å²) in [7, 11) is 0. The van der Waals surface area contributed by atoms with E-state index in [1.54, 1.807) is 11.8 Å². The monoisotopic (exact) mass is 394 g/mol. The molecule has 0 saturated carbocycles. The number of nitrogens with zero attached hydrogens (tertiary/aromatic N) is 6. The minimum absolute atomic E-state index is 0.0968. The summed E-state index contributed by atoms with van der Waals surface area (Å²) in [6.45, 7) is 3.55. The maximum atomic E-state index is 13.4. The van der Waals surface area contributed by atoms with Crippen LogP contribution in [0.2, 0.25) is 0 Å². The molecule has 1 atom stereocenters. The minimum atomic E-state index is -4.57. The molecule has 0 bridgehead atoms. The van der Waals surface area contributed by atoms with Gasteiger partial charge >= 0.3 is 6.18 Å². The molecule has 4 heterocycles. The first-order valence-electron chi connectivity index (χ1n) is 8.80. The van der Waals surface area contributed by atoms with Gasteiger partial charge in [0.25, 0.3) is 5.91 Å². The van der Waals surface area contributed by atoms with Crippen LogP contribution in [0.3, 0.4) is 0 Å². The Hall–Kier alpha value is -2.98. The molecular weight excluding hydrogens is 377 g/mol. The molecule has 1 aliphatic heterocycles. The van der Waals surface area contributed by atoms with E-state index in [-0.39, 0.29) is 22.9 Å². The average molecular weight is 394 g/mol. The highest BCUT2D eigenvalue weighted by Gasteiger charge is 2.37. The topological polar surface area (TPSA) is 89.4 Å². The highest BCUT2D eigenvalue weighted by atomic mass is 19.4. The summed E-state index contributed by atoms with van der Waals surface area (Å²) in [5.74, 6) is -0.374. The van der Waals surface area contributed by atoms with Crippen molar-refractivity contribution < 1.29 is 22.6 Å². The van der Waals surface area contributed by atoms with E-state index in [1.807, 2.05) is 0 Å². The van der Waals surface area contributed by atoms with Crippen LogP contribution in [0.15, 0.2) is 16.8 Å². The lowest BCUT2D eigenvalue weighted by Gasteiger charge is -2.34. The van der Waals surface area contributed by atoms with Crippen LogP contribution in [0.25, 0.3) is 5.65 Å². The summed E-state index contributed by atoms with van der Waals surface area (Å²) in [5.41, 5.74) is 0.269. The maximum Gasteiger partial charge on any atom is 0.433 e. The summed E-state index contributed by atoms with van der Waals surface area (Å²) >= 11 is 0. The third-order valence-electron chi connectivity index (χ3n) is 4.82. The van der Waals surface area contributed by atoms with E-state index < -0.39 is 17.9 Å². The lowest BCUT2D eigenvalue weighted by Crippen LogP contribution is -2.39. The normalized spacial score (nSPS) is 18.0. The van der Waals surface area contributed by atoms with Crippen molar-refractivity contribution in [2.75, 3.05) is 6.54 Å². The van der Waals surface area contributed by atoms with Crippen LogP contribution in [0.1, 0.15) is 58.6 Å². The molecule has 3 aromatic rings. The van der Waals surface area contributed by atoms with Crippen molar-refractivity contribution in [1.29, 1.82) is 0 Å². The molecule has 3 aromatic heterocycles. The number of amides is 1. The highest BCUT2D eigenvalue weighted by molar-refractivity contribution is 5.93. The van der Waals surface area contributed by atoms with Crippen LogP contribution in [-0.4, -0.2) is 42.3 Å². The Balaban J connectivity index is 1.77. The zero-order valence-electron chi connectivity index (χ0n) is 15.2. The van der Waals surface area contributed by atoms with Crippen molar-refractivity contribution >= 4 is 11.6 Å². The second-order valence-corrected chi connectivity index (χ2v) is 6.83. The van der Waals surface area contributed by atoms with E-state index in [0.29, 0.717) is 24.4 Å². The number of likely N-dealkylation sites (tertiary alicyclic amines) is 1. The van der Waals surface area contributed by atoms with Gasteiger partial charge in [-0.05, 0) is 44.3 Å². The van der Waals surface area contributed by atoms with E-state index in [4.69, 9.17) is 0 Å². The Bertz CT molecular complexity index is 1040. The fourth-order valence-electron chi connectivity index (χ4n) is 3.53. The van der Waals surface area contributed by atoms with Gasteiger partial charge in [-0.15, -0.1) is 0 Å². The zero-order valence-corrected chi connectivity index (χ0v) is 15.2. The molecular formula is C17H17F3N6O2. The van der Waals surface area contributed by atoms with E-state index in [1.165, 1.54) is 13.0 Å². The van der Waals surface area contributed by atoms with Gasteiger partial charge in [0.15, 0.2) is 11.3 Å². The zero-order chi connectivity index (χ0) is 20.1. The molecule has 0 N–H and O–H groups in total. The van der Waals surface area contributed by atoms with Gasteiger partial charge in [0.1, 0.15) is 11.4 Å². The van der Waals surface area contributed by atoms with Crippen LogP contribution < -0.4 is 0 Å². The number of rotatable bonds is 2. The predicted molar refractivity (Wildman–Crippen MR) is 89.4 cm³/mol. The number of aryl methyl sites for hydroxylation is 2. The molecule has 1 saturated heterocycles. The van der Waals surface area contributed by atoms with Gasteiger partial charge in [0.2, 0.25) is 0 Å². The SMILES string of the molecule is Cc1cc(C(F)(F)F)n2nc(C3CCCCN3C(=O)c3nonc3C)cc2n1. The summed E-state index contributed by atoms with van der Waals surface area (Å²) in [6, 6.07) is 1.99. The van der Waals surface area contributed by atoms with Crippen molar-refractivity contribution in [2.45, 2.75) is 45.3 Å². The molecule has 1 amide bonds. The predicted octanol–water partition coefficient (Wildman–Crippen LogP) is 3.12.